The van der Waals surface area contributed by atoms with Gasteiger partial charge in [0.2, 0.25) is 0 Å². The number of nitrogens with one attached hydrogen (secondary N) is 1. The molecule has 19 heavy (non-hydrogen) atoms. The SMILES string of the molecule is CCOC1CC(N[C@@H](C)c2cccc(Br)c2)C1OC. The van der Waals surface area contributed by atoms with Crippen LogP contribution >= 0.6 is 15.9 Å². The number of hydrogen-bond donors (Lipinski definition) is 1. The lowest BCUT2D eigenvalue weighted by molar-refractivity contribution is -0.133. The molecule has 0 saturated heterocycles. The Morgan fingerprint density at radius 3 is 2.89 bits per heavy atom. The van der Waals surface area contributed by atoms with Crippen LogP contribution in [0.25, 0.3) is 0 Å². The van der Waals surface area contributed by atoms with E-state index in [0.717, 1.165) is 17.5 Å². The topological polar surface area (TPSA) is 30.5 Å². The van der Waals surface area contributed by atoms with Crippen molar-refractivity contribution in [3.8, 4) is 0 Å². The summed E-state index contributed by atoms with van der Waals surface area (Å²) in [5.41, 5.74) is 1.28. The highest BCUT2D eigenvalue weighted by atomic mass is 79.9. The van der Waals surface area contributed by atoms with E-state index in [1.807, 2.05) is 13.0 Å². The zero-order valence-electron chi connectivity index (χ0n) is 11.7. The predicted octanol–water partition coefficient (Wildman–Crippen LogP) is 3.29. The average molecular weight is 328 g/mol. The van der Waals surface area contributed by atoms with Crippen molar-refractivity contribution in [2.45, 2.75) is 44.6 Å². The van der Waals surface area contributed by atoms with Gasteiger partial charge in [-0.2, -0.15) is 0 Å². The van der Waals surface area contributed by atoms with Gasteiger partial charge in [0.05, 0.1) is 12.2 Å². The van der Waals surface area contributed by atoms with Crippen LogP contribution in [0.2, 0.25) is 0 Å². The van der Waals surface area contributed by atoms with Gasteiger partial charge in [-0.25, -0.2) is 0 Å². The molecule has 1 aliphatic carbocycles. The molecule has 1 N–H and O–H groups in total. The van der Waals surface area contributed by atoms with Crippen LogP contribution in [0.4, 0.5) is 0 Å². The van der Waals surface area contributed by atoms with E-state index in [4.69, 9.17) is 9.47 Å². The van der Waals surface area contributed by atoms with Crippen molar-refractivity contribution in [2.24, 2.45) is 0 Å². The molecule has 1 fully saturated rings. The van der Waals surface area contributed by atoms with Gasteiger partial charge in [0.15, 0.2) is 0 Å². The second-order valence-corrected chi connectivity index (χ2v) is 5.90. The van der Waals surface area contributed by atoms with Gasteiger partial charge >= 0.3 is 0 Å². The van der Waals surface area contributed by atoms with E-state index >= 15 is 0 Å². The van der Waals surface area contributed by atoms with Crippen molar-refractivity contribution in [1.29, 1.82) is 0 Å². The van der Waals surface area contributed by atoms with Crippen molar-refractivity contribution in [3.63, 3.8) is 0 Å². The number of benzene rings is 1. The van der Waals surface area contributed by atoms with E-state index in [0.29, 0.717) is 12.1 Å². The molecule has 0 heterocycles. The van der Waals surface area contributed by atoms with Gasteiger partial charge in [0.25, 0.3) is 0 Å². The molecule has 0 aliphatic heterocycles. The normalized spacial score (nSPS) is 27.9. The second kappa shape index (κ2) is 6.84. The highest BCUT2D eigenvalue weighted by molar-refractivity contribution is 9.10. The molecule has 3 nitrogen and oxygen atoms in total. The summed E-state index contributed by atoms with van der Waals surface area (Å²) in [6.45, 7) is 4.96. The maximum absolute atomic E-state index is 5.65. The van der Waals surface area contributed by atoms with E-state index in [2.05, 4.69) is 46.4 Å². The van der Waals surface area contributed by atoms with Crippen molar-refractivity contribution in [1.82, 2.24) is 5.32 Å². The molecule has 0 bridgehead atoms. The zero-order chi connectivity index (χ0) is 13.8. The summed E-state index contributed by atoms with van der Waals surface area (Å²) in [5.74, 6) is 0. The maximum Gasteiger partial charge on any atom is 0.0987 e. The van der Waals surface area contributed by atoms with Gasteiger partial charge in [-0.05, 0) is 38.0 Å². The Hall–Kier alpha value is -0.420. The third-order valence-electron chi connectivity index (χ3n) is 3.71. The molecule has 0 radical (unpaired) electrons. The van der Waals surface area contributed by atoms with Crippen LogP contribution in [0.3, 0.4) is 0 Å². The van der Waals surface area contributed by atoms with Crippen LogP contribution in [0, 0.1) is 0 Å². The fourth-order valence-corrected chi connectivity index (χ4v) is 3.05. The number of ether oxygens (including phenoxy) is 2. The molecule has 1 aromatic rings. The molecule has 1 aliphatic rings. The van der Waals surface area contributed by atoms with Gasteiger partial charge in [-0.3, -0.25) is 0 Å². The van der Waals surface area contributed by atoms with Gasteiger partial charge in [0, 0.05) is 30.3 Å². The monoisotopic (exact) mass is 327 g/mol. The molecule has 4 heteroatoms. The molecule has 2 rings (SSSR count). The summed E-state index contributed by atoms with van der Waals surface area (Å²) in [5, 5.41) is 3.62. The van der Waals surface area contributed by atoms with Gasteiger partial charge in [0.1, 0.15) is 0 Å². The lowest BCUT2D eigenvalue weighted by atomic mass is 9.84. The number of methoxy groups -OCH3 is 1. The molecule has 3 unspecified atom stereocenters. The first-order chi connectivity index (χ1) is 9.15. The Morgan fingerprint density at radius 1 is 1.47 bits per heavy atom. The summed E-state index contributed by atoms with van der Waals surface area (Å²) in [7, 11) is 1.76. The van der Waals surface area contributed by atoms with Crippen molar-refractivity contribution >= 4 is 15.9 Å². The Bertz CT molecular complexity index is 413. The Labute approximate surface area is 123 Å². The Balaban J connectivity index is 1.91. The van der Waals surface area contributed by atoms with E-state index in [1.54, 1.807) is 7.11 Å². The molecule has 4 atom stereocenters. The quantitative estimate of drug-likeness (QED) is 0.869. The molecule has 0 amide bonds. The maximum atomic E-state index is 5.65. The van der Waals surface area contributed by atoms with Crippen molar-refractivity contribution in [3.05, 3.63) is 34.3 Å². The van der Waals surface area contributed by atoms with Crippen LogP contribution in [0.1, 0.15) is 31.9 Å². The number of rotatable bonds is 6. The average Bonchev–Trinajstić information content (AvgIpc) is 2.37. The minimum absolute atomic E-state index is 0.162. The molecule has 0 spiro atoms. The second-order valence-electron chi connectivity index (χ2n) is 4.98. The summed E-state index contributed by atoms with van der Waals surface area (Å²) < 4.78 is 12.3. The summed E-state index contributed by atoms with van der Waals surface area (Å²) in [4.78, 5) is 0. The van der Waals surface area contributed by atoms with Crippen LogP contribution in [-0.2, 0) is 9.47 Å². The highest BCUT2D eigenvalue weighted by Crippen LogP contribution is 2.29. The van der Waals surface area contributed by atoms with Crippen molar-refractivity contribution < 1.29 is 9.47 Å². The van der Waals surface area contributed by atoms with E-state index in [9.17, 15) is 0 Å². The van der Waals surface area contributed by atoms with E-state index in [1.165, 1.54) is 5.56 Å². The highest BCUT2D eigenvalue weighted by Gasteiger charge is 2.42. The largest absolute Gasteiger partial charge is 0.377 e. The lowest BCUT2D eigenvalue weighted by Gasteiger charge is -2.44. The Kier molecular flexibility index (Phi) is 5.39. The molecular formula is C15H22BrNO2. The third kappa shape index (κ3) is 3.57. The van der Waals surface area contributed by atoms with Crippen molar-refractivity contribution in [2.75, 3.05) is 13.7 Å². The van der Waals surface area contributed by atoms with Crippen LogP contribution in [0.15, 0.2) is 28.7 Å². The predicted molar refractivity (Wildman–Crippen MR) is 80.3 cm³/mol. The molecular weight excluding hydrogens is 306 g/mol. The first-order valence-electron chi connectivity index (χ1n) is 6.81. The van der Waals surface area contributed by atoms with E-state index < -0.39 is 0 Å². The van der Waals surface area contributed by atoms with Crippen LogP contribution in [-0.4, -0.2) is 32.0 Å². The first-order valence-corrected chi connectivity index (χ1v) is 7.61. The Morgan fingerprint density at radius 2 is 2.26 bits per heavy atom. The fourth-order valence-electron chi connectivity index (χ4n) is 2.63. The summed E-state index contributed by atoms with van der Waals surface area (Å²) in [6.07, 6.45) is 1.42. The minimum atomic E-state index is 0.162. The first kappa shape index (κ1) is 15.0. The molecule has 0 aromatic heterocycles. The van der Waals surface area contributed by atoms with Gasteiger partial charge in [-0.15, -0.1) is 0 Å². The summed E-state index contributed by atoms with van der Waals surface area (Å²) >= 11 is 3.51. The molecule has 1 saturated carbocycles. The zero-order valence-corrected chi connectivity index (χ0v) is 13.3. The molecule has 1 aromatic carbocycles. The number of halogens is 1. The third-order valence-corrected chi connectivity index (χ3v) is 4.21. The smallest absolute Gasteiger partial charge is 0.0987 e. The van der Waals surface area contributed by atoms with Crippen LogP contribution in [0.5, 0.6) is 0 Å². The van der Waals surface area contributed by atoms with Crippen LogP contribution < -0.4 is 5.32 Å². The summed E-state index contributed by atoms with van der Waals surface area (Å²) in [6, 6.07) is 9.08. The van der Waals surface area contributed by atoms with Gasteiger partial charge in [-0.1, -0.05) is 28.1 Å². The lowest BCUT2D eigenvalue weighted by Crippen LogP contribution is -2.60. The number of hydrogen-bond acceptors (Lipinski definition) is 3. The fraction of sp³-hybridized carbons (Fsp3) is 0.600. The van der Waals surface area contributed by atoms with Gasteiger partial charge < -0.3 is 14.8 Å². The standard InChI is InChI=1S/C15H22BrNO2/c1-4-19-14-9-13(15(14)18-3)17-10(2)11-6-5-7-12(16)8-11/h5-8,10,13-15,17H,4,9H2,1-3H3/t10-,13?,14?,15?/m0/s1. The minimum Gasteiger partial charge on any atom is -0.377 e. The molecule has 106 valence electrons. The van der Waals surface area contributed by atoms with E-state index in [-0.39, 0.29) is 12.2 Å².